The minimum atomic E-state index is 0.684. The molecule has 1 N–H and O–H groups in total. The number of aryl methyl sites for hydroxylation is 2. The lowest BCUT2D eigenvalue weighted by Gasteiger charge is -2.34. The smallest absolute Gasteiger partial charge is 0.240 e. The summed E-state index contributed by atoms with van der Waals surface area (Å²) < 4.78 is 5.19. The Kier molecular flexibility index (Phi) is 4.71. The predicted molar refractivity (Wildman–Crippen MR) is 87.5 cm³/mol. The Hall–Kier alpha value is -2.22. The maximum absolute atomic E-state index is 5.19. The monoisotopic (exact) mass is 317 g/mol. The van der Waals surface area contributed by atoms with E-state index in [0.29, 0.717) is 24.2 Å². The van der Waals surface area contributed by atoms with Crippen molar-refractivity contribution in [1.82, 2.24) is 25.0 Å². The third-order valence-corrected chi connectivity index (χ3v) is 3.80. The van der Waals surface area contributed by atoms with Crippen LogP contribution in [-0.4, -0.2) is 57.7 Å². The van der Waals surface area contributed by atoms with Crippen molar-refractivity contribution in [3.05, 3.63) is 23.5 Å². The molecule has 3 rings (SSSR count). The summed E-state index contributed by atoms with van der Waals surface area (Å²) in [6.07, 6.45) is 0. The summed E-state index contributed by atoms with van der Waals surface area (Å²) in [5.74, 6) is 3.06. The summed E-state index contributed by atoms with van der Waals surface area (Å²) in [6.45, 7) is 11.2. The predicted octanol–water partition coefficient (Wildman–Crippen LogP) is 1.23. The van der Waals surface area contributed by atoms with Crippen LogP contribution in [0.5, 0.6) is 0 Å². The molecule has 1 saturated heterocycles. The van der Waals surface area contributed by atoms with Crippen LogP contribution in [0.15, 0.2) is 10.6 Å². The minimum absolute atomic E-state index is 0.684. The molecule has 23 heavy (non-hydrogen) atoms. The van der Waals surface area contributed by atoms with Gasteiger partial charge < -0.3 is 14.7 Å². The highest BCUT2D eigenvalue weighted by Gasteiger charge is 2.20. The van der Waals surface area contributed by atoms with Crippen LogP contribution in [0, 0.1) is 13.8 Å². The van der Waals surface area contributed by atoms with Crippen LogP contribution in [0.4, 0.5) is 11.8 Å². The van der Waals surface area contributed by atoms with Gasteiger partial charge in [0.2, 0.25) is 11.8 Å². The first-order valence-electron chi connectivity index (χ1n) is 8.00. The summed E-state index contributed by atoms with van der Waals surface area (Å²) in [4.78, 5) is 17.9. The van der Waals surface area contributed by atoms with E-state index in [0.717, 1.165) is 44.2 Å². The van der Waals surface area contributed by atoms with Crippen molar-refractivity contribution < 1.29 is 4.52 Å². The Morgan fingerprint density at radius 2 is 1.91 bits per heavy atom. The van der Waals surface area contributed by atoms with E-state index >= 15 is 0 Å². The van der Waals surface area contributed by atoms with E-state index < -0.39 is 0 Å². The van der Waals surface area contributed by atoms with Crippen molar-refractivity contribution in [2.45, 2.75) is 27.3 Å². The quantitative estimate of drug-likeness (QED) is 0.881. The van der Waals surface area contributed by atoms with Crippen LogP contribution in [0.1, 0.15) is 24.3 Å². The van der Waals surface area contributed by atoms with Crippen LogP contribution in [0.3, 0.4) is 0 Å². The fourth-order valence-electron chi connectivity index (χ4n) is 2.68. The van der Waals surface area contributed by atoms with E-state index in [-0.39, 0.29) is 0 Å². The first-order valence-corrected chi connectivity index (χ1v) is 8.00. The molecule has 0 radical (unpaired) electrons. The van der Waals surface area contributed by atoms with Crippen molar-refractivity contribution in [3.8, 4) is 0 Å². The van der Waals surface area contributed by atoms with E-state index in [1.54, 1.807) is 0 Å². The average Bonchev–Trinajstić information content (AvgIpc) is 2.93. The highest BCUT2D eigenvalue weighted by molar-refractivity contribution is 5.45. The molecule has 0 saturated carbocycles. The molecule has 2 aromatic heterocycles. The molecular weight excluding hydrogens is 294 g/mol. The van der Waals surface area contributed by atoms with Crippen LogP contribution in [-0.2, 0) is 6.54 Å². The van der Waals surface area contributed by atoms with Gasteiger partial charge in [-0.05, 0) is 20.8 Å². The summed E-state index contributed by atoms with van der Waals surface area (Å²) in [5.41, 5.74) is 0.981. The maximum Gasteiger partial charge on any atom is 0.240 e. The van der Waals surface area contributed by atoms with Gasteiger partial charge in [-0.3, -0.25) is 4.90 Å². The van der Waals surface area contributed by atoms with E-state index in [1.807, 2.05) is 26.8 Å². The number of nitrogens with one attached hydrogen (secondary N) is 1. The fraction of sp³-hybridized carbons (Fsp3) is 0.600. The number of rotatable bonds is 5. The van der Waals surface area contributed by atoms with Crippen molar-refractivity contribution >= 4 is 11.8 Å². The summed E-state index contributed by atoms with van der Waals surface area (Å²) in [7, 11) is 0. The largest absolute Gasteiger partial charge is 0.354 e. The number of nitrogens with zero attached hydrogens (tertiary/aromatic N) is 6. The van der Waals surface area contributed by atoms with Crippen molar-refractivity contribution in [3.63, 3.8) is 0 Å². The maximum atomic E-state index is 5.19. The van der Waals surface area contributed by atoms with E-state index in [4.69, 9.17) is 4.52 Å². The molecule has 0 aliphatic carbocycles. The number of aromatic nitrogens is 4. The number of piperazine rings is 1. The molecule has 0 atom stereocenters. The van der Waals surface area contributed by atoms with Crippen molar-refractivity contribution in [2.75, 3.05) is 42.9 Å². The SMILES string of the molecule is CCNc1nc(C)cc(N2CCN(Cc3nc(C)no3)CC2)n1. The van der Waals surface area contributed by atoms with Gasteiger partial charge in [0.15, 0.2) is 5.82 Å². The zero-order valence-electron chi connectivity index (χ0n) is 13.9. The number of anilines is 2. The molecule has 0 bridgehead atoms. The highest BCUT2D eigenvalue weighted by Crippen LogP contribution is 2.17. The second kappa shape index (κ2) is 6.91. The van der Waals surface area contributed by atoms with Crippen LogP contribution in [0.25, 0.3) is 0 Å². The Bertz CT molecular complexity index is 649. The molecule has 0 unspecified atom stereocenters. The van der Waals surface area contributed by atoms with E-state index in [2.05, 4.69) is 35.2 Å². The van der Waals surface area contributed by atoms with Gasteiger partial charge >= 0.3 is 0 Å². The van der Waals surface area contributed by atoms with Crippen molar-refractivity contribution in [1.29, 1.82) is 0 Å². The normalized spacial score (nSPS) is 15.9. The van der Waals surface area contributed by atoms with Gasteiger partial charge in [0.05, 0.1) is 6.54 Å². The van der Waals surface area contributed by atoms with Gasteiger partial charge in [-0.15, -0.1) is 0 Å². The Morgan fingerprint density at radius 1 is 1.13 bits per heavy atom. The molecule has 0 amide bonds. The molecule has 0 aromatic carbocycles. The minimum Gasteiger partial charge on any atom is -0.354 e. The highest BCUT2D eigenvalue weighted by atomic mass is 16.5. The molecule has 1 aliphatic heterocycles. The number of hydrogen-bond acceptors (Lipinski definition) is 8. The van der Waals surface area contributed by atoms with Gasteiger partial charge in [-0.1, -0.05) is 5.16 Å². The van der Waals surface area contributed by atoms with Gasteiger partial charge in [-0.2, -0.15) is 9.97 Å². The Morgan fingerprint density at radius 3 is 2.57 bits per heavy atom. The third-order valence-electron chi connectivity index (χ3n) is 3.80. The molecule has 2 aromatic rings. The number of hydrogen-bond donors (Lipinski definition) is 1. The zero-order valence-corrected chi connectivity index (χ0v) is 13.9. The lowest BCUT2D eigenvalue weighted by molar-refractivity contribution is 0.215. The lowest BCUT2D eigenvalue weighted by atomic mass is 10.3. The fourth-order valence-corrected chi connectivity index (χ4v) is 2.68. The van der Waals surface area contributed by atoms with Crippen molar-refractivity contribution in [2.24, 2.45) is 0 Å². The lowest BCUT2D eigenvalue weighted by Crippen LogP contribution is -2.46. The molecule has 0 spiro atoms. The van der Waals surface area contributed by atoms with Gasteiger partial charge in [-0.25, -0.2) is 4.98 Å². The van der Waals surface area contributed by atoms with Gasteiger partial charge in [0.25, 0.3) is 0 Å². The first-order chi connectivity index (χ1) is 11.1. The Labute approximate surface area is 135 Å². The summed E-state index contributed by atoms with van der Waals surface area (Å²) in [6, 6.07) is 2.04. The summed E-state index contributed by atoms with van der Waals surface area (Å²) in [5, 5.41) is 7.02. The second-order valence-corrected chi connectivity index (χ2v) is 5.72. The van der Waals surface area contributed by atoms with E-state index in [9.17, 15) is 0 Å². The van der Waals surface area contributed by atoms with Gasteiger partial charge in [0.1, 0.15) is 5.82 Å². The third kappa shape index (κ3) is 3.95. The average molecular weight is 317 g/mol. The molecule has 1 aliphatic rings. The first kappa shape index (κ1) is 15.7. The van der Waals surface area contributed by atoms with E-state index in [1.165, 1.54) is 0 Å². The standard InChI is InChI=1S/C15H23N7O/c1-4-16-15-17-11(2)9-13(19-15)22-7-5-21(6-8-22)10-14-18-12(3)20-23-14/h9H,4-8,10H2,1-3H3,(H,16,17,19). The molecule has 8 nitrogen and oxygen atoms in total. The zero-order chi connectivity index (χ0) is 16.2. The second-order valence-electron chi connectivity index (χ2n) is 5.72. The van der Waals surface area contributed by atoms with Crippen LogP contribution < -0.4 is 10.2 Å². The Balaban J connectivity index is 1.60. The molecule has 3 heterocycles. The van der Waals surface area contributed by atoms with Crippen LogP contribution in [0.2, 0.25) is 0 Å². The topological polar surface area (TPSA) is 83.2 Å². The molecule has 124 valence electrons. The van der Waals surface area contributed by atoms with Crippen LogP contribution >= 0.6 is 0 Å². The molecular formula is C15H23N7O. The summed E-state index contributed by atoms with van der Waals surface area (Å²) >= 11 is 0. The van der Waals surface area contributed by atoms with Gasteiger partial charge in [0, 0.05) is 44.5 Å². The molecule has 8 heteroatoms. The molecule has 1 fully saturated rings.